The Morgan fingerprint density at radius 1 is 0.930 bits per heavy atom. The van der Waals surface area contributed by atoms with Crippen LogP contribution in [0, 0.1) is 0 Å². The summed E-state index contributed by atoms with van der Waals surface area (Å²) >= 11 is 0. The van der Waals surface area contributed by atoms with E-state index in [1.165, 1.54) is 25.7 Å². The Morgan fingerprint density at radius 3 is 2.07 bits per heavy atom. The van der Waals surface area contributed by atoms with E-state index in [9.17, 15) is 13.2 Å². The summed E-state index contributed by atoms with van der Waals surface area (Å²) in [5.74, 6) is 1.22. The molecular formula is C31H46N2O8PS+. The van der Waals surface area contributed by atoms with E-state index >= 15 is 0 Å². The van der Waals surface area contributed by atoms with Gasteiger partial charge in [-0.25, -0.2) is 8.42 Å². The number of rotatable bonds is 18. The third-order valence-corrected chi connectivity index (χ3v) is 7.31. The van der Waals surface area contributed by atoms with Crippen molar-refractivity contribution < 1.29 is 36.7 Å². The largest absolute Gasteiger partial charge is 0.692 e. The van der Waals surface area contributed by atoms with Crippen molar-refractivity contribution >= 4 is 40.7 Å². The fraction of sp³-hybridized carbons (Fsp3) is 0.516. The van der Waals surface area contributed by atoms with Gasteiger partial charge in [-0.3, -0.25) is 9.52 Å². The number of ketones is 1. The van der Waals surface area contributed by atoms with Crippen LogP contribution in [0.3, 0.4) is 0 Å². The average molecular weight is 638 g/mol. The molecule has 2 aromatic carbocycles. The summed E-state index contributed by atoms with van der Waals surface area (Å²) in [5.41, 5.74) is 1.99. The van der Waals surface area contributed by atoms with Crippen LogP contribution in [0.2, 0.25) is 0 Å². The van der Waals surface area contributed by atoms with Crippen molar-refractivity contribution in [2.75, 3.05) is 37.2 Å². The summed E-state index contributed by atoms with van der Waals surface area (Å²) in [6, 6.07) is 12.3. The number of anilines is 1. The second-order valence-corrected chi connectivity index (χ2v) is 12.7. The molecule has 0 saturated carbocycles. The van der Waals surface area contributed by atoms with Crippen LogP contribution in [0.1, 0.15) is 87.4 Å². The third-order valence-electron chi connectivity index (χ3n) is 6.71. The first-order valence-electron chi connectivity index (χ1n) is 14.9. The number of hydrogen-bond donors (Lipinski definition) is 3. The van der Waals surface area contributed by atoms with Gasteiger partial charge in [0, 0.05) is 34.2 Å². The molecule has 0 fully saturated rings. The first-order valence-corrected chi connectivity index (χ1v) is 17.9. The highest BCUT2D eigenvalue weighted by atomic mass is 32.2. The van der Waals surface area contributed by atoms with Crippen LogP contribution in [0.15, 0.2) is 46.9 Å². The van der Waals surface area contributed by atoms with E-state index in [-0.39, 0.29) is 5.78 Å². The molecule has 0 radical (unpaired) electrons. The van der Waals surface area contributed by atoms with Crippen LogP contribution in [-0.2, 0) is 21.0 Å². The Balaban J connectivity index is 0.00000151. The van der Waals surface area contributed by atoms with E-state index in [1.54, 1.807) is 30.3 Å². The first kappa shape index (κ1) is 36.4. The van der Waals surface area contributed by atoms with Gasteiger partial charge >= 0.3 is 8.25 Å². The number of nitrogens with zero attached hydrogens (tertiary/aromatic N) is 1. The zero-order chi connectivity index (χ0) is 31.8. The van der Waals surface area contributed by atoms with Crippen LogP contribution in [-0.4, -0.2) is 61.4 Å². The lowest BCUT2D eigenvalue weighted by Gasteiger charge is -2.21. The number of ether oxygens (including phenoxy) is 1. The minimum Gasteiger partial charge on any atom is -0.494 e. The molecule has 0 atom stereocenters. The van der Waals surface area contributed by atoms with Crippen LogP contribution >= 0.6 is 8.25 Å². The van der Waals surface area contributed by atoms with Crippen molar-refractivity contribution in [1.29, 1.82) is 0 Å². The van der Waals surface area contributed by atoms with E-state index < -0.39 is 18.3 Å². The molecule has 0 spiro atoms. The van der Waals surface area contributed by atoms with Crippen molar-refractivity contribution in [3.8, 4) is 5.75 Å². The standard InChI is InChI=1S/C31H44N2O5S.HO3P/c1-5-8-12-29-30(27-23-25(32-39(4,35)36)15-18-28(27)38-29)31(34)24-13-16-26(17-14-24)37-22-11-21-33(19-9-6-2)20-10-7-3;1-4(2)3/h13-18,23,32H,5-12,19-22H2,1-4H3;(H-,1,2,3)/p+1. The lowest BCUT2D eigenvalue weighted by molar-refractivity contribution is 0.103. The molecule has 3 aromatic rings. The fourth-order valence-electron chi connectivity index (χ4n) is 4.61. The molecule has 1 heterocycles. The number of aryl methyl sites for hydroxylation is 1. The summed E-state index contributed by atoms with van der Waals surface area (Å²) in [7, 11) is -6.32. The second kappa shape index (κ2) is 18.8. The zero-order valence-electron chi connectivity index (χ0n) is 25.7. The summed E-state index contributed by atoms with van der Waals surface area (Å²) in [5, 5.41) is 0.607. The molecule has 0 bridgehead atoms. The molecule has 0 saturated heterocycles. The number of furan rings is 1. The number of carbonyl (C=O) groups is 1. The molecule has 0 aliphatic rings. The van der Waals surface area contributed by atoms with Gasteiger partial charge in [-0.05, 0) is 81.2 Å². The monoisotopic (exact) mass is 637 g/mol. The van der Waals surface area contributed by atoms with Crippen molar-refractivity contribution in [2.45, 2.75) is 72.1 Å². The molecule has 0 aliphatic carbocycles. The van der Waals surface area contributed by atoms with Crippen molar-refractivity contribution in [3.63, 3.8) is 0 Å². The van der Waals surface area contributed by atoms with Crippen LogP contribution in [0.5, 0.6) is 5.75 Å². The van der Waals surface area contributed by atoms with Crippen LogP contribution in [0.25, 0.3) is 11.0 Å². The minimum atomic E-state index is -3.45. The molecule has 10 nitrogen and oxygen atoms in total. The minimum absolute atomic E-state index is 0.148. The van der Waals surface area contributed by atoms with Gasteiger partial charge in [0.05, 0.1) is 18.4 Å². The quantitative estimate of drug-likeness (QED) is 0.0790. The third kappa shape index (κ3) is 13.1. The predicted octanol–water partition coefficient (Wildman–Crippen LogP) is 6.68. The highest BCUT2D eigenvalue weighted by Gasteiger charge is 2.22. The predicted molar refractivity (Wildman–Crippen MR) is 172 cm³/mol. The molecule has 3 N–H and O–H groups in total. The molecule has 0 unspecified atom stereocenters. The molecule has 0 amide bonds. The average Bonchev–Trinajstić information content (AvgIpc) is 3.31. The van der Waals surface area contributed by atoms with Gasteiger partial charge in [0.15, 0.2) is 5.78 Å². The maximum atomic E-state index is 13.7. The van der Waals surface area contributed by atoms with E-state index in [0.717, 1.165) is 50.9 Å². The highest BCUT2D eigenvalue weighted by Crippen LogP contribution is 2.32. The maximum absolute atomic E-state index is 13.7. The van der Waals surface area contributed by atoms with Gasteiger partial charge in [0.1, 0.15) is 17.1 Å². The lowest BCUT2D eigenvalue weighted by atomic mass is 9.98. The molecule has 12 heteroatoms. The number of hydrogen-bond acceptors (Lipinski definition) is 7. The molecule has 1 aromatic heterocycles. The van der Waals surface area contributed by atoms with E-state index in [1.807, 2.05) is 12.1 Å². The Hall–Kier alpha value is -2.82. The molecule has 3 rings (SSSR count). The maximum Gasteiger partial charge on any atom is 0.692 e. The Kier molecular flexibility index (Phi) is 15.9. The molecular weight excluding hydrogens is 591 g/mol. The van der Waals surface area contributed by atoms with Gasteiger partial charge in [-0.15, -0.1) is 9.79 Å². The van der Waals surface area contributed by atoms with Gasteiger partial charge in [-0.1, -0.05) is 40.0 Å². The fourth-order valence-corrected chi connectivity index (χ4v) is 5.17. The van der Waals surface area contributed by atoms with Gasteiger partial charge in [0.2, 0.25) is 10.0 Å². The lowest BCUT2D eigenvalue weighted by Crippen LogP contribution is -2.28. The summed E-state index contributed by atoms with van der Waals surface area (Å²) in [6.45, 7) is 10.5. The van der Waals surface area contributed by atoms with Crippen LogP contribution in [0.4, 0.5) is 5.69 Å². The van der Waals surface area contributed by atoms with E-state index in [4.69, 9.17) is 23.5 Å². The van der Waals surface area contributed by atoms with Crippen molar-refractivity contribution in [3.05, 3.63) is 59.4 Å². The number of fused-ring (bicyclic) bond motifs is 1. The van der Waals surface area contributed by atoms with Crippen molar-refractivity contribution in [1.82, 2.24) is 4.90 Å². The highest BCUT2D eigenvalue weighted by molar-refractivity contribution is 7.92. The Labute approximate surface area is 256 Å². The Bertz CT molecular complexity index is 1400. The van der Waals surface area contributed by atoms with E-state index in [2.05, 4.69) is 30.4 Å². The van der Waals surface area contributed by atoms with E-state index in [0.29, 0.717) is 46.6 Å². The summed E-state index contributed by atoms with van der Waals surface area (Å²) < 4.78 is 46.7. The molecule has 43 heavy (non-hydrogen) atoms. The van der Waals surface area contributed by atoms with Crippen LogP contribution < -0.4 is 9.46 Å². The zero-order valence-corrected chi connectivity index (χ0v) is 27.4. The first-order chi connectivity index (χ1) is 20.5. The number of benzene rings is 2. The topological polar surface area (TPSA) is 146 Å². The smallest absolute Gasteiger partial charge is 0.494 e. The van der Waals surface area contributed by atoms with Gasteiger partial charge in [-0.2, -0.15) is 0 Å². The number of unbranched alkanes of at least 4 members (excludes halogenated alkanes) is 3. The number of sulfonamides is 1. The summed E-state index contributed by atoms with van der Waals surface area (Å²) in [4.78, 5) is 30.4. The number of nitrogens with one attached hydrogen (secondary N) is 1. The van der Waals surface area contributed by atoms with Gasteiger partial charge < -0.3 is 14.1 Å². The van der Waals surface area contributed by atoms with Crippen molar-refractivity contribution in [2.24, 2.45) is 0 Å². The normalized spacial score (nSPS) is 11.3. The Morgan fingerprint density at radius 2 is 1.51 bits per heavy atom. The SMILES string of the molecule is CCCCc1oc2ccc(NS(C)(=O)=O)cc2c1C(=O)c1ccc(OCCCN(CCCC)CCCC)cc1.O=[P+](O)O. The van der Waals surface area contributed by atoms with Gasteiger partial charge in [0.25, 0.3) is 0 Å². The molecule has 0 aliphatic heterocycles. The second-order valence-electron chi connectivity index (χ2n) is 10.4. The number of carbonyl (C=O) groups excluding carboxylic acids is 1. The summed E-state index contributed by atoms with van der Waals surface area (Å²) in [6.07, 6.45) is 9.40. The molecule has 238 valence electrons.